The summed E-state index contributed by atoms with van der Waals surface area (Å²) in [5.74, 6) is 0.305. The number of β-lactam (4-membered cyclic amide) rings is 1. The van der Waals surface area contributed by atoms with Crippen molar-refractivity contribution in [1.29, 1.82) is 0 Å². The Morgan fingerprint density at radius 1 is 1.09 bits per heavy atom. The molecular weight excluding hydrogens is 448 g/mol. The van der Waals surface area contributed by atoms with Crippen LogP contribution in [0.3, 0.4) is 0 Å². The molecule has 1 N–H and O–H groups in total. The maximum atomic E-state index is 13.1. The van der Waals surface area contributed by atoms with Gasteiger partial charge in [-0.2, -0.15) is 0 Å². The maximum Gasteiger partial charge on any atom is 0.249 e. The van der Waals surface area contributed by atoms with E-state index < -0.39 is 6.04 Å². The standard InChI is InChI=1S/C25H28N6O2S/c1-15(2)22(32)26-19-23(33)31-20(25(3,4)34-24(19)31)21-27-28-29-30(21)14-16-10-12-18(13-11-16)17-8-6-5-7-9-17/h5-13,15,19-20,24H,14H2,1-4H3,(H,26,32)/t19?,20?,24-/m1/s1. The lowest BCUT2D eigenvalue weighted by Crippen LogP contribution is -2.68. The Balaban J connectivity index is 1.36. The van der Waals surface area contributed by atoms with Crippen LogP contribution in [0.15, 0.2) is 54.6 Å². The Morgan fingerprint density at radius 3 is 2.44 bits per heavy atom. The number of rotatable bonds is 6. The Kier molecular flexibility index (Phi) is 5.67. The molecule has 3 heterocycles. The van der Waals surface area contributed by atoms with E-state index in [9.17, 15) is 9.59 Å². The number of amides is 2. The summed E-state index contributed by atoms with van der Waals surface area (Å²) in [7, 11) is 0. The number of carbonyl (C=O) groups is 2. The van der Waals surface area contributed by atoms with E-state index in [0.29, 0.717) is 12.4 Å². The number of hydrogen-bond acceptors (Lipinski definition) is 6. The fourth-order valence-corrected chi connectivity index (χ4v) is 6.24. The van der Waals surface area contributed by atoms with Crippen molar-refractivity contribution in [3.8, 4) is 11.1 Å². The van der Waals surface area contributed by atoms with Crippen LogP contribution in [0, 0.1) is 5.92 Å². The molecule has 2 fully saturated rings. The van der Waals surface area contributed by atoms with Crippen LogP contribution in [-0.4, -0.2) is 53.1 Å². The normalized spacial score (nSPS) is 23.0. The van der Waals surface area contributed by atoms with Gasteiger partial charge in [0, 0.05) is 10.7 Å². The minimum absolute atomic E-state index is 0.0798. The van der Waals surface area contributed by atoms with Gasteiger partial charge in [0.05, 0.1) is 6.54 Å². The second kappa shape index (κ2) is 8.54. The number of nitrogens with zero attached hydrogens (tertiary/aromatic N) is 5. The zero-order chi connectivity index (χ0) is 24.0. The summed E-state index contributed by atoms with van der Waals surface area (Å²) in [5, 5.41) is 15.3. The topological polar surface area (TPSA) is 93.0 Å². The van der Waals surface area contributed by atoms with Crippen LogP contribution in [0.4, 0.5) is 0 Å². The molecule has 5 rings (SSSR count). The Labute approximate surface area is 203 Å². The average molecular weight is 477 g/mol. The third kappa shape index (κ3) is 3.87. The molecule has 0 radical (unpaired) electrons. The van der Waals surface area contributed by atoms with E-state index in [2.05, 4.69) is 71.1 Å². The largest absolute Gasteiger partial charge is 0.342 e. The highest BCUT2D eigenvalue weighted by atomic mass is 32.2. The SMILES string of the molecule is CC(C)C(=O)NC1C(=O)N2C(c3nnnn3Cc3ccc(-c4ccccc4)cc3)C(C)(C)S[C@H]12. The molecule has 2 unspecified atom stereocenters. The zero-order valence-electron chi connectivity index (χ0n) is 19.7. The number of benzene rings is 2. The van der Waals surface area contributed by atoms with Gasteiger partial charge in [-0.1, -0.05) is 68.4 Å². The molecule has 176 valence electrons. The zero-order valence-corrected chi connectivity index (χ0v) is 20.5. The van der Waals surface area contributed by atoms with Crippen LogP contribution in [0.25, 0.3) is 11.1 Å². The quantitative estimate of drug-likeness (QED) is 0.549. The smallest absolute Gasteiger partial charge is 0.249 e. The molecule has 1 aromatic heterocycles. The van der Waals surface area contributed by atoms with Gasteiger partial charge in [-0.15, -0.1) is 16.9 Å². The van der Waals surface area contributed by atoms with Gasteiger partial charge in [0.15, 0.2) is 5.82 Å². The van der Waals surface area contributed by atoms with E-state index in [0.717, 1.165) is 11.1 Å². The number of fused-ring (bicyclic) bond motifs is 1. The van der Waals surface area contributed by atoms with Crippen molar-refractivity contribution in [2.24, 2.45) is 5.92 Å². The molecular formula is C25H28N6O2S. The average Bonchev–Trinajstić information content (AvgIpc) is 3.37. The van der Waals surface area contributed by atoms with Crippen molar-refractivity contribution in [1.82, 2.24) is 30.4 Å². The third-order valence-electron chi connectivity index (χ3n) is 6.46. The Morgan fingerprint density at radius 2 is 1.76 bits per heavy atom. The predicted molar refractivity (Wildman–Crippen MR) is 131 cm³/mol. The number of aromatic nitrogens is 4. The van der Waals surface area contributed by atoms with Crippen LogP contribution in [0.2, 0.25) is 0 Å². The molecule has 2 aromatic carbocycles. The molecule has 2 aliphatic heterocycles. The van der Waals surface area contributed by atoms with Gasteiger partial charge in [-0.25, -0.2) is 4.68 Å². The van der Waals surface area contributed by atoms with E-state index >= 15 is 0 Å². The first kappa shape index (κ1) is 22.6. The van der Waals surface area contributed by atoms with E-state index in [1.807, 2.05) is 36.9 Å². The summed E-state index contributed by atoms with van der Waals surface area (Å²) in [5.41, 5.74) is 3.40. The van der Waals surface area contributed by atoms with Gasteiger partial charge in [-0.05, 0) is 41.0 Å². The minimum atomic E-state index is -0.501. The van der Waals surface area contributed by atoms with Crippen molar-refractivity contribution >= 4 is 23.6 Å². The summed E-state index contributed by atoms with van der Waals surface area (Å²) >= 11 is 1.69. The summed E-state index contributed by atoms with van der Waals surface area (Å²) < 4.78 is 1.47. The molecule has 0 spiro atoms. The van der Waals surface area contributed by atoms with Crippen LogP contribution < -0.4 is 5.32 Å². The first-order chi connectivity index (χ1) is 16.3. The predicted octanol–water partition coefficient (Wildman–Crippen LogP) is 3.26. The lowest BCUT2D eigenvalue weighted by molar-refractivity contribution is -0.152. The van der Waals surface area contributed by atoms with Crippen molar-refractivity contribution in [2.75, 3.05) is 0 Å². The fraction of sp³-hybridized carbons (Fsp3) is 0.400. The van der Waals surface area contributed by atoms with Crippen LogP contribution >= 0.6 is 11.8 Å². The summed E-state index contributed by atoms with van der Waals surface area (Å²) in [4.78, 5) is 27.1. The lowest BCUT2D eigenvalue weighted by atomic mass is 9.95. The molecule has 3 aromatic rings. The minimum Gasteiger partial charge on any atom is -0.342 e. The molecule has 8 nitrogen and oxygen atoms in total. The fourth-order valence-electron chi connectivity index (χ4n) is 4.61. The first-order valence-corrected chi connectivity index (χ1v) is 12.3. The van der Waals surface area contributed by atoms with Gasteiger partial charge in [0.25, 0.3) is 0 Å². The van der Waals surface area contributed by atoms with Crippen LogP contribution in [0.5, 0.6) is 0 Å². The number of carbonyl (C=O) groups excluding carboxylic acids is 2. The van der Waals surface area contributed by atoms with Crippen molar-refractivity contribution in [3.05, 3.63) is 66.0 Å². The van der Waals surface area contributed by atoms with Gasteiger partial charge >= 0.3 is 0 Å². The second-order valence-electron chi connectivity index (χ2n) is 9.66. The molecule has 9 heteroatoms. The van der Waals surface area contributed by atoms with Crippen molar-refractivity contribution < 1.29 is 9.59 Å². The van der Waals surface area contributed by atoms with Gasteiger partial charge < -0.3 is 10.2 Å². The van der Waals surface area contributed by atoms with Gasteiger partial charge in [0.1, 0.15) is 17.5 Å². The highest BCUT2D eigenvalue weighted by Gasteiger charge is 2.63. The highest BCUT2D eigenvalue weighted by Crippen LogP contribution is 2.56. The molecule has 0 saturated carbocycles. The van der Waals surface area contributed by atoms with Gasteiger partial charge in [-0.3, -0.25) is 9.59 Å². The van der Waals surface area contributed by atoms with E-state index in [4.69, 9.17) is 0 Å². The lowest BCUT2D eigenvalue weighted by Gasteiger charge is -2.44. The molecule has 2 amide bonds. The van der Waals surface area contributed by atoms with E-state index in [1.54, 1.807) is 16.4 Å². The molecule has 2 aliphatic rings. The van der Waals surface area contributed by atoms with E-state index in [-0.39, 0.29) is 33.9 Å². The Bertz CT molecular complexity index is 1210. The maximum absolute atomic E-state index is 13.1. The molecule has 2 saturated heterocycles. The summed E-state index contributed by atoms with van der Waals surface area (Å²) in [6.45, 7) is 8.36. The van der Waals surface area contributed by atoms with Crippen molar-refractivity contribution in [2.45, 2.75) is 56.4 Å². The first-order valence-electron chi connectivity index (χ1n) is 11.5. The summed E-state index contributed by atoms with van der Waals surface area (Å²) in [6.07, 6.45) is 0. The molecule has 0 aliphatic carbocycles. The van der Waals surface area contributed by atoms with Crippen LogP contribution in [0.1, 0.15) is 45.1 Å². The molecule has 0 bridgehead atoms. The number of tetrazole rings is 1. The van der Waals surface area contributed by atoms with Crippen LogP contribution in [-0.2, 0) is 16.1 Å². The molecule has 34 heavy (non-hydrogen) atoms. The monoisotopic (exact) mass is 476 g/mol. The Hall–Kier alpha value is -3.20. The highest BCUT2D eigenvalue weighted by molar-refractivity contribution is 8.01. The number of nitrogens with one attached hydrogen (secondary N) is 1. The van der Waals surface area contributed by atoms with Gasteiger partial charge in [0.2, 0.25) is 11.8 Å². The third-order valence-corrected chi connectivity index (χ3v) is 8.03. The van der Waals surface area contributed by atoms with Crippen molar-refractivity contribution in [3.63, 3.8) is 0 Å². The second-order valence-corrected chi connectivity index (χ2v) is 11.4. The molecule has 3 atom stereocenters. The van der Waals surface area contributed by atoms with E-state index in [1.165, 1.54) is 5.56 Å². The summed E-state index contributed by atoms with van der Waals surface area (Å²) in [6, 6.07) is 17.8. The number of thioether (sulfide) groups is 1. The number of hydrogen-bond donors (Lipinski definition) is 1.